The summed E-state index contributed by atoms with van der Waals surface area (Å²) >= 11 is 1.46. The van der Waals surface area contributed by atoms with Crippen molar-refractivity contribution >= 4 is 49.4 Å². The number of pyridine rings is 1. The number of aromatic nitrogens is 4. The minimum absolute atomic E-state index is 0.260. The number of hydrogen-bond donors (Lipinski definition) is 1. The third-order valence-corrected chi connectivity index (χ3v) is 6.68. The summed E-state index contributed by atoms with van der Waals surface area (Å²) in [5.41, 5.74) is 5.37. The molecule has 0 bridgehead atoms. The van der Waals surface area contributed by atoms with Crippen LogP contribution in [-0.2, 0) is 4.74 Å². The maximum Gasteiger partial charge on any atom is 0.343 e. The molecule has 178 valence electrons. The van der Waals surface area contributed by atoms with Gasteiger partial charge in [0.05, 0.1) is 35.6 Å². The molecule has 35 heavy (non-hydrogen) atoms. The molecule has 3 heterocycles. The Morgan fingerprint density at radius 3 is 2.69 bits per heavy atom. The number of esters is 1. The van der Waals surface area contributed by atoms with E-state index in [1.807, 2.05) is 31.2 Å². The summed E-state index contributed by atoms with van der Waals surface area (Å²) in [4.78, 5) is 22.3. The first-order valence-corrected chi connectivity index (χ1v) is 12.0. The van der Waals surface area contributed by atoms with Gasteiger partial charge >= 0.3 is 5.97 Å². The third-order valence-electron chi connectivity index (χ3n) is 5.74. The van der Waals surface area contributed by atoms with Crippen LogP contribution < -0.4 is 10.1 Å². The summed E-state index contributed by atoms with van der Waals surface area (Å²) in [5, 5.41) is 9.52. The van der Waals surface area contributed by atoms with Crippen LogP contribution in [0, 0.1) is 20.8 Å². The Hall–Kier alpha value is -3.98. The number of carbonyl (C=O) groups is 1. The van der Waals surface area contributed by atoms with Crippen LogP contribution in [0.15, 0.2) is 42.6 Å². The molecule has 9 heteroatoms. The van der Waals surface area contributed by atoms with E-state index in [1.54, 1.807) is 18.7 Å². The minimum Gasteiger partial charge on any atom is -0.497 e. The van der Waals surface area contributed by atoms with E-state index in [9.17, 15) is 4.79 Å². The number of methoxy groups -OCH3 is 1. The van der Waals surface area contributed by atoms with Gasteiger partial charge in [0.2, 0.25) is 0 Å². The van der Waals surface area contributed by atoms with E-state index in [0.717, 1.165) is 38.0 Å². The van der Waals surface area contributed by atoms with Crippen molar-refractivity contribution < 1.29 is 14.3 Å². The van der Waals surface area contributed by atoms with Gasteiger partial charge in [0.25, 0.3) is 0 Å². The molecule has 0 saturated heterocycles. The highest BCUT2D eigenvalue weighted by molar-refractivity contribution is 7.22. The van der Waals surface area contributed by atoms with Gasteiger partial charge in [0, 0.05) is 5.39 Å². The number of thiazole rings is 1. The van der Waals surface area contributed by atoms with Crippen molar-refractivity contribution in [3.05, 3.63) is 64.8 Å². The zero-order chi connectivity index (χ0) is 24.7. The highest BCUT2D eigenvalue weighted by atomic mass is 32.1. The molecule has 0 amide bonds. The molecule has 0 aliphatic carbocycles. The molecule has 8 nitrogen and oxygen atoms in total. The van der Waals surface area contributed by atoms with Gasteiger partial charge in [-0.3, -0.25) is 0 Å². The number of nitrogens with zero attached hydrogens (tertiary/aromatic N) is 4. The first kappa shape index (κ1) is 22.8. The fraction of sp³-hybridized carbons (Fsp3) is 0.231. The van der Waals surface area contributed by atoms with E-state index in [1.165, 1.54) is 23.1 Å². The lowest BCUT2D eigenvalue weighted by molar-refractivity contribution is 0.0527. The van der Waals surface area contributed by atoms with Crippen LogP contribution in [0.4, 0.5) is 10.9 Å². The Balaban J connectivity index is 1.65. The van der Waals surface area contributed by atoms with Gasteiger partial charge in [0.1, 0.15) is 11.3 Å². The molecular formula is C26H25N5O3S. The molecular weight excluding hydrogens is 462 g/mol. The molecule has 0 aliphatic heterocycles. The molecule has 5 aromatic rings. The van der Waals surface area contributed by atoms with Crippen molar-refractivity contribution in [2.75, 3.05) is 19.0 Å². The lowest BCUT2D eigenvalue weighted by atomic mass is 10.0. The number of carbonyl (C=O) groups excluding carboxylic acids is 1. The number of benzene rings is 2. The largest absolute Gasteiger partial charge is 0.497 e. The Morgan fingerprint density at radius 2 is 1.91 bits per heavy atom. The molecule has 5 rings (SSSR count). The first-order valence-electron chi connectivity index (χ1n) is 11.2. The number of ether oxygens (including phenoxy) is 2. The lowest BCUT2D eigenvalue weighted by Crippen LogP contribution is -2.10. The molecule has 0 saturated carbocycles. The SMILES string of the molecule is CCOC(=O)c1cnn(-c2cc(C)c3cc(C)cc(C)c3n2)c1Nc1nc2ccc(OC)cc2s1. The second kappa shape index (κ2) is 8.99. The van der Waals surface area contributed by atoms with Gasteiger partial charge in [-0.2, -0.15) is 9.78 Å². The van der Waals surface area contributed by atoms with E-state index in [0.29, 0.717) is 22.3 Å². The first-order chi connectivity index (χ1) is 16.9. The summed E-state index contributed by atoms with van der Waals surface area (Å²) in [6.07, 6.45) is 1.50. The monoisotopic (exact) mass is 487 g/mol. The van der Waals surface area contributed by atoms with Crippen LogP contribution in [0.5, 0.6) is 5.75 Å². The minimum atomic E-state index is -0.464. The molecule has 0 fully saturated rings. The van der Waals surface area contributed by atoms with E-state index in [-0.39, 0.29) is 6.61 Å². The number of aryl methyl sites for hydroxylation is 3. The number of fused-ring (bicyclic) bond motifs is 2. The van der Waals surface area contributed by atoms with Gasteiger partial charge in [-0.05, 0) is 69.2 Å². The van der Waals surface area contributed by atoms with Crippen molar-refractivity contribution in [1.29, 1.82) is 0 Å². The average Bonchev–Trinajstić information content (AvgIpc) is 3.43. The zero-order valence-electron chi connectivity index (χ0n) is 20.2. The number of rotatable bonds is 6. The lowest BCUT2D eigenvalue weighted by Gasteiger charge is -2.13. The second-order valence-corrected chi connectivity index (χ2v) is 9.32. The number of nitrogens with one attached hydrogen (secondary N) is 1. The van der Waals surface area contributed by atoms with Crippen molar-refractivity contribution in [2.24, 2.45) is 0 Å². The third kappa shape index (κ3) is 4.19. The molecule has 0 spiro atoms. The highest BCUT2D eigenvalue weighted by Gasteiger charge is 2.22. The molecule has 0 aliphatic rings. The second-order valence-electron chi connectivity index (χ2n) is 8.29. The topological polar surface area (TPSA) is 91.2 Å². The fourth-order valence-electron chi connectivity index (χ4n) is 4.12. The molecule has 0 atom stereocenters. The Bertz CT molecular complexity index is 1590. The van der Waals surface area contributed by atoms with Crippen LogP contribution in [-0.4, -0.2) is 39.4 Å². The normalized spacial score (nSPS) is 11.2. The van der Waals surface area contributed by atoms with Crippen molar-refractivity contribution in [1.82, 2.24) is 19.7 Å². The average molecular weight is 488 g/mol. The Labute approximate surface area is 206 Å². The standard InChI is InChI=1S/C26H25N5O3S/c1-6-34-25(32)19-13-27-31(22-11-15(3)18-10-14(2)9-16(4)23(18)29-22)24(19)30-26-28-20-8-7-17(33-5)12-21(20)35-26/h7-13H,6H2,1-5H3,(H,28,30). The summed E-state index contributed by atoms with van der Waals surface area (Å²) in [7, 11) is 1.63. The van der Waals surface area contributed by atoms with Crippen LogP contribution >= 0.6 is 11.3 Å². The number of hydrogen-bond acceptors (Lipinski definition) is 8. The summed E-state index contributed by atoms with van der Waals surface area (Å²) in [5.74, 6) is 1.34. The fourth-order valence-corrected chi connectivity index (χ4v) is 5.02. The summed E-state index contributed by atoms with van der Waals surface area (Å²) < 4.78 is 13.2. The maximum absolute atomic E-state index is 12.8. The number of anilines is 2. The van der Waals surface area contributed by atoms with Gasteiger partial charge in [-0.25, -0.2) is 14.8 Å². The van der Waals surface area contributed by atoms with Crippen molar-refractivity contribution in [2.45, 2.75) is 27.7 Å². The van der Waals surface area contributed by atoms with Gasteiger partial charge in [-0.1, -0.05) is 23.0 Å². The summed E-state index contributed by atoms with van der Waals surface area (Å²) in [6, 6.07) is 11.9. The Morgan fingerprint density at radius 1 is 1.09 bits per heavy atom. The van der Waals surface area contributed by atoms with Gasteiger partial charge in [-0.15, -0.1) is 0 Å². The molecule has 0 radical (unpaired) electrons. The van der Waals surface area contributed by atoms with Crippen LogP contribution in [0.1, 0.15) is 34.0 Å². The predicted octanol–water partition coefficient (Wildman–Crippen LogP) is 5.88. The Kier molecular flexibility index (Phi) is 5.86. The quantitative estimate of drug-likeness (QED) is 0.299. The highest BCUT2D eigenvalue weighted by Crippen LogP contribution is 2.33. The van der Waals surface area contributed by atoms with E-state index < -0.39 is 5.97 Å². The van der Waals surface area contributed by atoms with Crippen LogP contribution in [0.25, 0.3) is 26.9 Å². The molecule has 0 unspecified atom stereocenters. The van der Waals surface area contributed by atoms with E-state index in [2.05, 4.69) is 41.4 Å². The van der Waals surface area contributed by atoms with Gasteiger partial charge in [0.15, 0.2) is 16.8 Å². The maximum atomic E-state index is 12.8. The van der Waals surface area contributed by atoms with E-state index in [4.69, 9.17) is 14.5 Å². The van der Waals surface area contributed by atoms with E-state index >= 15 is 0 Å². The smallest absolute Gasteiger partial charge is 0.343 e. The molecule has 3 aromatic heterocycles. The van der Waals surface area contributed by atoms with Gasteiger partial charge < -0.3 is 14.8 Å². The molecule has 2 aromatic carbocycles. The van der Waals surface area contributed by atoms with Crippen molar-refractivity contribution in [3.8, 4) is 11.6 Å². The van der Waals surface area contributed by atoms with Crippen molar-refractivity contribution in [3.63, 3.8) is 0 Å². The summed E-state index contributed by atoms with van der Waals surface area (Å²) in [6.45, 7) is 8.21. The molecule has 1 N–H and O–H groups in total. The zero-order valence-corrected chi connectivity index (χ0v) is 21.0. The predicted molar refractivity (Wildman–Crippen MR) is 138 cm³/mol. The van der Waals surface area contributed by atoms with Crippen LogP contribution in [0.3, 0.4) is 0 Å². The van der Waals surface area contributed by atoms with Crippen LogP contribution in [0.2, 0.25) is 0 Å².